The average molecular weight is 626 g/mol. The van der Waals surface area contributed by atoms with Gasteiger partial charge in [0, 0.05) is 32.8 Å². The summed E-state index contributed by atoms with van der Waals surface area (Å²) in [5.41, 5.74) is 6.73. The van der Waals surface area contributed by atoms with E-state index in [9.17, 15) is 0 Å². The number of aromatic nitrogens is 3. The number of benzene rings is 8. The molecule has 8 aromatic carbocycles. The number of rotatable bonds is 4. The van der Waals surface area contributed by atoms with Crippen molar-refractivity contribution >= 4 is 54.3 Å². The van der Waals surface area contributed by atoms with Crippen LogP contribution in [-0.2, 0) is 0 Å². The van der Waals surface area contributed by atoms with E-state index < -0.39 is 0 Å². The molecule has 2 heterocycles. The van der Waals surface area contributed by atoms with E-state index in [0.717, 1.165) is 65.9 Å². The van der Waals surface area contributed by atoms with Crippen molar-refractivity contribution in [2.75, 3.05) is 0 Å². The van der Waals surface area contributed by atoms with Crippen LogP contribution in [-0.4, -0.2) is 15.0 Å². The minimum Gasteiger partial charge on any atom is -0.455 e. The SMILES string of the molecule is c1ccc(-c2nc(-c3ccc4ccccc4c3)nc(-c3cc4c5ccccc5oc4c4c(-c5ccc6ccccc6c5)cccc34)n2)cc1. The zero-order chi connectivity index (χ0) is 32.3. The average Bonchev–Trinajstić information content (AvgIpc) is 3.56. The molecule has 0 bridgehead atoms. The summed E-state index contributed by atoms with van der Waals surface area (Å²) >= 11 is 0. The first-order chi connectivity index (χ1) is 24.3. The molecule has 228 valence electrons. The van der Waals surface area contributed by atoms with Gasteiger partial charge < -0.3 is 4.42 Å². The molecule has 0 aliphatic carbocycles. The van der Waals surface area contributed by atoms with Crippen molar-refractivity contribution in [2.45, 2.75) is 0 Å². The molecule has 0 saturated heterocycles. The van der Waals surface area contributed by atoms with E-state index in [1.54, 1.807) is 0 Å². The van der Waals surface area contributed by atoms with Gasteiger partial charge in [0.25, 0.3) is 0 Å². The third kappa shape index (κ3) is 4.57. The Bertz CT molecular complexity index is 2890. The predicted molar refractivity (Wildman–Crippen MR) is 201 cm³/mol. The molecular weight excluding hydrogens is 599 g/mol. The Labute approximate surface area is 282 Å². The molecule has 0 spiro atoms. The van der Waals surface area contributed by atoms with Gasteiger partial charge in [-0.3, -0.25) is 0 Å². The summed E-state index contributed by atoms with van der Waals surface area (Å²) in [5, 5.41) is 8.86. The Morgan fingerprint density at radius 1 is 0.347 bits per heavy atom. The van der Waals surface area contributed by atoms with E-state index >= 15 is 0 Å². The summed E-state index contributed by atoms with van der Waals surface area (Å²) in [6, 6.07) is 56.9. The molecule has 0 aliphatic rings. The van der Waals surface area contributed by atoms with Crippen LogP contribution in [0.2, 0.25) is 0 Å². The second kappa shape index (κ2) is 11.0. The molecule has 49 heavy (non-hydrogen) atoms. The van der Waals surface area contributed by atoms with Gasteiger partial charge in [-0.2, -0.15) is 0 Å². The maximum Gasteiger partial charge on any atom is 0.164 e. The normalized spacial score (nSPS) is 11.7. The first-order valence-electron chi connectivity index (χ1n) is 16.4. The fourth-order valence-electron chi connectivity index (χ4n) is 7.09. The van der Waals surface area contributed by atoms with Crippen LogP contribution in [0.25, 0.3) is 99.5 Å². The number of para-hydroxylation sites is 1. The molecule has 0 fully saturated rings. The fraction of sp³-hybridized carbons (Fsp3) is 0. The minimum absolute atomic E-state index is 0.616. The maximum atomic E-state index is 6.68. The molecular formula is C45H27N3O. The monoisotopic (exact) mass is 625 g/mol. The van der Waals surface area contributed by atoms with E-state index in [0.29, 0.717) is 17.5 Å². The molecule has 0 saturated carbocycles. The first-order valence-corrected chi connectivity index (χ1v) is 16.4. The lowest BCUT2D eigenvalue weighted by Crippen LogP contribution is -2.01. The second-order valence-electron chi connectivity index (χ2n) is 12.4. The minimum atomic E-state index is 0.616. The van der Waals surface area contributed by atoms with Gasteiger partial charge >= 0.3 is 0 Å². The zero-order valence-corrected chi connectivity index (χ0v) is 26.3. The summed E-state index contributed by atoms with van der Waals surface area (Å²) in [7, 11) is 0. The van der Waals surface area contributed by atoms with Crippen molar-refractivity contribution in [3.05, 3.63) is 164 Å². The van der Waals surface area contributed by atoms with Gasteiger partial charge in [-0.05, 0) is 62.3 Å². The van der Waals surface area contributed by atoms with E-state index in [1.807, 2.05) is 42.5 Å². The van der Waals surface area contributed by atoms with Crippen molar-refractivity contribution in [3.63, 3.8) is 0 Å². The Hall–Kier alpha value is -6.65. The molecule has 0 atom stereocenters. The molecule has 0 N–H and O–H groups in total. The Morgan fingerprint density at radius 3 is 1.71 bits per heavy atom. The molecule has 2 aromatic heterocycles. The second-order valence-corrected chi connectivity index (χ2v) is 12.4. The summed E-state index contributed by atoms with van der Waals surface area (Å²) in [6.45, 7) is 0. The molecule has 10 aromatic rings. The number of hydrogen-bond donors (Lipinski definition) is 0. The van der Waals surface area contributed by atoms with Crippen molar-refractivity contribution in [1.29, 1.82) is 0 Å². The van der Waals surface area contributed by atoms with Crippen LogP contribution in [0.5, 0.6) is 0 Å². The zero-order valence-electron chi connectivity index (χ0n) is 26.3. The third-order valence-electron chi connectivity index (χ3n) is 9.48. The van der Waals surface area contributed by atoms with E-state index in [2.05, 4.69) is 121 Å². The molecule has 4 heteroatoms. The van der Waals surface area contributed by atoms with Gasteiger partial charge in [0.2, 0.25) is 0 Å². The van der Waals surface area contributed by atoms with Crippen LogP contribution in [0.1, 0.15) is 0 Å². The summed E-state index contributed by atoms with van der Waals surface area (Å²) in [5.74, 6) is 1.88. The highest BCUT2D eigenvalue weighted by Gasteiger charge is 2.21. The van der Waals surface area contributed by atoms with Crippen LogP contribution in [0.15, 0.2) is 168 Å². The van der Waals surface area contributed by atoms with E-state index in [4.69, 9.17) is 19.4 Å². The highest BCUT2D eigenvalue weighted by atomic mass is 16.3. The lowest BCUT2D eigenvalue weighted by molar-refractivity contribution is 0.673. The van der Waals surface area contributed by atoms with Crippen LogP contribution in [0.3, 0.4) is 0 Å². The highest BCUT2D eigenvalue weighted by Crippen LogP contribution is 2.43. The number of nitrogens with zero attached hydrogens (tertiary/aromatic N) is 3. The van der Waals surface area contributed by atoms with Gasteiger partial charge in [-0.25, -0.2) is 15.0 Å². The van der Waals surface area contributed by atoms with Gasteiger partial charge in [0.1, 0.15) is 11.2 Å². The van der Waals surface area contributed by atoms with Gasteiger partial charge in [0.05, 0.1) is 0 Å². The molecule has 0 radical (unpaired) electrons. The largest absolute Gasteiger partial charge is 0.455 e. The Morgan fingerprint density at radius 2 is 0.939 bits per heavy atom. The van der Waals surface area contributed by atoms with Crippen LogP contribution >= 0.6 is 0 Å². The lowest BCUT2D eigenvalue weighted by Gasteiger charge is -2.14. The topological polar surface area (TPSA) is 51.8 Å². The first kappa shape index (κ1) is 27.5. The van der Waals surface area contributed by atoms with E-state index in [-0.39, 0.29) is 0 Å². The van der Waals surface area contributed by atoms with Crippen molar-refractivity contribution < 1.29 is 4.42 Å². The van der Waals surface area contributed by atoms with Gasteiger partial charge in [-0.15, -0.1) is 0 Å². The standard InChI is InChI=1S/C45H27N3O/c1-2-13-30(14-3-1)43-46-44(34-24-22-29-12-5-7-16-32(29)26-34)48-45(47-43)39-27-38-36-17-8-9-20-40(36)49-42(38)41-35(18-10-19-37(39)41)33-23-21-28-11-4-6-15-31(28)25-33/h1-27H. The molecule has 4 nitrogen and oxygen atoms in total. The molecule has 0 amide bonds. The Balaban J connectivity index is 1.29. The van der Waals surface area contributed by atoms with Crippen molar-refractivity contribution in [1.82, 2.24) is 15.0 Å². The van der Waals surface area contributed by atoms with Crippen LogP contribution < -0.4 is 0 Å². The smallest absolute Gasteiger partial charge is 0.164 e. The van der Waals surface area contributed by atoms with Crippen LogP contribution in [0.4, 0.5) is 0 Å². The van der Waals surface area contributed by atoms with Crippen molar-refractivity contribution in [3.8, 4) is 45.3 Å². The number of hydrogen-bond acceptors (Lipinski definition) is 4. The molecule has 0 aliphatic heterocycles. The third-order valence-corrected chi connectivity index (χ3v) is 9.48. The summed E-state index contributed by atoms with van der Waals surface area (Å²) in [6.07, 6.45) is 0. The van der Waals surface area contributed by atoms with Crippen molar-refractivity contribution in [2.24, 2.45) is 0 Å². The fourth-order valence-corrected chi connectivity index (χ4v) is 7.09. The summed E-state index contributed by atoms with van der Waals surface area (Å²) < 4.78 is 6.68. The maximum absolute atomic E-state index is 6.68. The molecule has 10 rings (SSSR count). The van der Waals surface area contributed by atoms with Gasteiger partial charge in [-0.1, -0.05) is 140 Å². The van der Waals surface area contributed by atoms with E-state index in [1.165, 1.54) is 16.2 Å². The lowest BCUT2D eigenvalue weighted by atomic mass is 9.92. The van der Waals surface area contributed by atoms with Crippen LogP contribution in [0, 0.1) is 0 Å². The highest BCUT2D eigenvalue weighted by molar-refractivity contribution is 6.22. The summed E-state index contributed by atoms with van der Waals surface area (Å²) in [4.78, 5) is 15.4. The predicted octanol–water partition coefficient (Wildman–Crippen LogP) is 11.9. The number of furan rings is 1. The number of fused-ring (bicyclic) bond motifs is 7. The molecule has 0 unspecified atom stereocenters. The quantitative estimate of drug-likeness (QED) is 0.195. The Kier molecular flexibility index (Phi) is 6.15. The van der Waals surface area contributed by atoms with Gasteiger partial charge in [0.15, 0.2) is 17.5 Å².